The van der Waals surface area contributed by atoms with Crippen LogP contribution in [0.3, 0.4) is 0 Å². The SMILES string of the molecule is C=C[C@H]1C[C@@H](C(C)(C)O)Oc2cc(C)c(O[Si](c3ccccc3)(c3ccccc3)C(C)(C)C)cc21. The van der Waals surface area contributed by atoms with Crippen LogP contribution >= 0.6 is 0 Å². The third-order valence-electron chi connectivity index (χ3n) is 7.20. The Kier molecular flexibility index (Phi) is 6.73. The molecule has 0 fully saturated rings. The lowest BCUT2D eigenvalue weighted by Crippen LogP contribution is -2.68. The summed E-state index contributed by atoms with van der Waals surface area (Å²) in [7, 11) is -2.75. The second-order valence-corrected chi connectivity index (χ2v) is 15.5. The molecule has 1 aliphatic heterocycles. The molecule has 1 heterocycles. The maximum Gasteiger partial charge on any atom is 0.319 e. The summed E-state index contributed by atoms with van der Waals surface area (Å²) >= 11 is 0. The van der Waals surface area contributed by atoms with Gasteiger partial charge >= 0.3 is 8.32 Å². The maximum atomic E-state index is 10.6. The Morgan fingerprint density at radius 3 is 1.94 bits per heavy atom. The molecule has 0 aliphatic carbocycles. The lowest BCUT2D eigenvalue weighted by Gasteiger charge is -2.44. The van der Waals surface area contributed by atoms with Crippen molar-refractivity contribution < 1.29 is 14.3 Å². The van der Waals surface area contributed by atoms with E-state index in [4.69, 9.17) is 9.16 Å². The third kappa shape index (κ3) is 4.70. The monoisotopic (exact) mass is 486 g/mol. The summed E-state index contributed by atoms with van der Waals surface area (Å²) in [5, 5.41) is 13.0. The lowest BCUT2D eigenvalue weighted by atomic mass is 9.84. The summed E-state index contributed by atoms with van der Waals surface area (Å²) in [6.07, 6.45) is 2.35. The van der Waals surface area contributed by atoms with Gasteiger partial charge in [0, 0.05) is 11.5 Å². The third-order valence-corrected chi connectivity index (χ3v) is 12.1. The minimum atomic E-state index is -2.75. The van der Waals surface area contributed by atoms with Crippen LogP contribution in [0.1, 0.15) is 58.1 Å². The van der Waals surface area contributed by atoms with Crippen LogP contribution in [0.25, 0.3) is 0 Å². The van der Waals surface area contributed by atoms with Crippen LogP contribution in [-0.2, 0) is 0 Å². The zero-order valence-electron chi connectivity index (χ0n) is 21.8. The van der Waals surface area contributed by atoms with E-state index in [-0.39, 0.29) is 17.1 Å². The minimum Gasteiger partial charge on any atom is -0.534 e. The first-order chi connectivity index (χ1) is 16.5. The van der Waals surface area contributed by atoms with Crippen LogP contribution in [-0.4, -0.2) is 25.1 Å². The Morgan fingerprint density at radius 2 is 1.49 bits per heavy atom. The Morgan fingerprint density at radius 1 is 0.943 bits per heavy atom. The van der Waals surface area contributed by atoms with Crippen molar-refractivity contribution in [2.75, 3.05) is 0 Å². The molecule has 0 saturated carbocycles. The first kappa shape index (κ1) is 25.3. The fraction of sp³-hybridized carbons (Fsp3) is 0.355. The van der Waals surface area contributed by atoms with Gasteiger partial charge in [0.1, 0.15) is 17.6 Å². The van der Waals surface area contributed by atoms with E-state index in [9.17, 15) is 5.11 Å². The largest absolute Gasteiger partial charge is 0.534 e. The van der Waals surface area contributed by atoms with E-state index in [1.807, 2.05) is 6.08 Å². The molecule has 4 rings (SSSR count). The molecule has 0 aromatic heterocycles. The normalized spacial score (nSPS) is 18.4. The molecule has 184 valence electrons. The first-order valence-electron chi connectivity index (χ1n) is 12.4. The minimum absolute atomic E-state index is 0.0808. The molecule has 0 spiro atoms. The van der Waals surface area contributed by atoms with E-state index in [2.05, 4.69) is 107 Å². The summed E-state index contributed by atoms with van der Waals surface area (Å²) in [5.74, 6) is 1.77. The number of fused-ring (bicyclic) bond motifs is 1. The molecule has 0 bridgehead atoms. The molecule has 2 atom stereocenters. The van der Waals surface area contributed by atoms with Gasteiger partial charge in [0.2, 0.25) is 0 Å². The van der Waals surface area contributed by atoms with Crippen LogP contribution in [0.4, 0.5) is 0 Å². The van der Waals surface area contributed by atoms with Gasteiger partial charge in [-0.3, -0.25) is 0 Å². The van der Waals surface area contributed by atoms with Gasteiger partial charge in [0.15, 0.2) is 0 Å². The molecule has 4 heteroatoms. The average molecular weight is 487 g/mol. The summed E-state index contributed by atoms with van der Waals surface area (Å²) in [6.45, 7) is 16.6. The van der Waals surface area contributed by atoms with Crippen molar-refractivity contribution in [3.05, 3.63) is 96.6 Å². The van der Waals surface area contributed by atoms with Crippen molar-refractivity contribution in [2.24, 2.45) is 0 Å². The van der Waals surface area contributed by atoms with Crippen molar-refractivity contribution in [3.8, 4) is 11.5 Å². The molecule has 0 amide bonds. The Balaban J connectivity index is 1.89. The van der Waals surface area contributed by atoms with Crippen LogP contribution < -0.4 is 19.5 Å². The van der Waals surface area contributed by atoms with E-state index in [1.54, 1.807) is 13.8 Å². The number of aliphatic hydroxyl groups is 1. The molecule has 0 unspecified atom stereocenters. The number of aryl methyl sites for hydroxylation is 1. The van der Waals surface area contributed by atoms with E-state index >= 15 is 0 Å². The number of rotatable bonds is 6. The van der Waals surface area contributed by atoms with Gasteiger partial charge in [-0.05, 0) is 60.3 Å². The zero-order valence-corrected chi connectivity index (χ0v) is 22.8. The van der Waals surface area contributed by atoms with Crippen LogP contribution in [0.2, 0.25) is 5.04 Å². The zero-order chi connectivity index (χ0) is 25.4. The fourth-order valence-electron chi connectivity index (χ4n) is 5.21. The van der Waals surface area contributed by atoms with Crippen molar-refractivity contribution in [2.45, 2.75) is 70.6 Å². The van der Waals surface area contributed by atoms with Crippen molar-refractivity contribution >= 4 is 18.7 Å². The van der Waals surface area contributed by atoms with Crippen LogP contribution in [0.15, 0.2) is 85.5 Å². The summed E-state index contributed by atoms with van der Waals surface area (Å²) < 4.78 is 13.6. The standard InChI is InChI=1S/C31H38O3Si/c1-8-23-20-29(31(6,7)32)33-28-19-22(2)27(21-26(23)28)34-35(30(3,4)5,24-15-11-9-12-16-24)25-17-13-10-14-18-25/h8-19,21,23,29,32H,1,20H2,2-7H3/t23-,29-/m0/s1. The number of benzene rings is 3. The van der Waals surface area contributed by atoms with E-state index in [0.717, 1.165) is 22.6 Å². The molecule has 1 N–H and O–H groups in total. The van der Waals surface area contributed by atoms with Crippen molar-refractivity contribution in [1.29, 1.82) is 0 Å². The lowest BCUT2D eigenvalue weighted by molar-refractivity contribution is -0.0448. The maximum absolute atomic E-state index is 10.6. The Bertz CT molecular complexity index is 1130. The molecular formula is C31H38O3Si. The molecule has 0 saturated heterocycles. The molecule has 3 aromatic carbocycles. The average Bonchev–Trinajstić information content (AvgIpc) is 2.81. The number of hydrogen-bond donors (Lipinski definition) is 1. The van der Waals surface area contributed by atoms with Crippen LogP contribution in [0.5, 0.6) is 11.5 Å². The quantitative estimate of drug-likeness (QED) is 0.337. The topological polar surface area (TPSA) is 38.7 Å². The van der Waals surface area contributed by atoms with Gasteiger partial charge in [0.25, 0.3) is 0 Å². The Hall–Kier alpha value is -2.82. The second-order valence-electron chi connectivity index (χ2n) is 11.3. The molecule has 35 heavy (non-hydrogen) atoms. The van der Waals surface area contributed by atoms with Gasteiger partial charge in [-0.25, -0.2) is 0 Å². The fourth-order valence-corrected chi connectivity index (χ4v) is 9.69. The summed E-state index contributed by atoms with van der Waals surface area (Å²) in [4.78, 5) is 0. The first-order valence-corrected chi connectivity index (χ1v) is 14.3. The summed E-state index contributed by atoms with van der Waals surface area (Å²) in [5.41, 5.74) is 1.16. The highest BCUT2D eigenvalue weighted by atomic mass is 28.4. The second kappa shape index (κ2) is 9.33. The Labute approximate surface area is 211 Å². The van der Waals surface area contributed by atoms with Crippen molar-refractivity contribution in [1.82, 2.24) is 0 Å². The van der Waals surface area contributed by atoms with Gasteiger partial charge in [-0.1, -0.05) is 87.5 Å². The van der Waals surface area contributed by atoms with Crippen LogP contribution in [0, 0.1) is 6.92 Å². The van der Waals surface area contributed by atoms with Crippen molar-refractivity contribution in [3.63, 3.8) is 0 Å². The summed E-state index contributed by atoms with van der Waals surface area (Å²) in [6, 6.07) is 25.6. The number of ether oxygens (including phenoxy) is 1. The molecule has 1 aliphatic rings. The smallest absolute Gasteiger partial charge is 0.319 e. The van der Waals surface area contributed by atoms with E-state index in [1.165, 1.54) is 10.4 Å². The highest BCUT2D eigenvalue weighted by molar-refractivity contribution is 7.00. The van der Waals surface area contributed by atoms with E-state index < -0.39 is 13.9 Å². The van der Waals surface area contributed by atoms with Gasteiger partial charge < -0.3 is 14.3 Å². The van der Waals surface area contributed by atoms with Gasteiger partial charge in [-0.2, -0.15) is 0 Å². The number of hydrogen-bond acceptors (Lipinski definition) is 3. The molecule has 0 radical (unpaired) electrons. The predicted octanol–water partition coefficient (Wildman–Crippen LogP) is 6.13. The molecule has 3 nitrogen and oxygen atoms in total. The molecule has 3 aromatic rings. The number of allylic oxidation sites excluding steroid dienone is 1. The van der Waals surface area contributed by atoms with E-state index in [0.29, 0.717) is 6.42 Å². The van der Waals surface area contributed by atoms with Gasteiger partial charge in [-0.15, -0.1) is 6.58 Å². The highest BCUT2D eigenvalue weighted by Crippen LogP contribution is 2.45. The van der Waals surface area contributed by atoms with Gasteiger partial charge in [0.05, 0.1) is 5.60 Å². The predicted molar refractivity (Wildman–Crippen MR) is 148 cm³/mol. The highest BCUT2D eigenvalue weighted by Gasteiger charge is 2.52. The molecular weight excluding hydrogens is 448 g/mol.